The Morgan fingerprint density at radius 3 is 2.18 bits per heavy atom. The second-order valence-corrected chi connectivity index (χ2v) is 3.00. The Morgan fingerprint density at radius 1 is 1.18 bits per heavy atom. The van der Waals surface area contributed by atoms with Crippen LogP contribution in [0.15, 0.2) is 24.3 Å². The number of benzene rings is 1. The first-order valence-corrected chi connectivity index (χ1v) is 4.70. The van der Waals surface area contributed by atoms with Crippen molar-refractivity contribution in [3.05, 3.63) is 35.4 Å². The van der Waals surface area contributed by atoms with Gasteiger partial charge in [-0.1, -0.05) is 24.3 Å². The van der Waals surface area contributed by atoms with Crippen LogP contribution in [0.5, 0.6) is 0 Å². The van der Waals surface area contributed by atoms with Gasteiger partial charge in [-0.25, -0.2) is 0 Å². The highest BCUT2D eigenvalue weighted by Crippen LogP contribution is 2.06. The van der Waals surface area contributed by atoms with E-state index in [0.29, 0.717) is 23.3 Å². The van der Waals surface area contributed by atoms with Crippen molar-refractivity contribution in [3.63, 3.8) is 0 Å². The molecule has 1 aromatic carbocycles. The molecule has 11 heavy (non-hydrogen) atoms. The van der Waals surface area contributed by atoms with Gasteiger partial charge in [0.05, 0.1) is 0 Å². The maximum absolute atomic E-state index is 10.1. The molecule has 0 aliphatic heterocycles. The molecule has 3 heteroatoms. The quantitative estimate of drug-likeness (QED) is 0.525. The van der Waals surface area contributed by atoms with Crippen LogP contribution < -0.4 is 0 Å². The lowest BCUT2D eigenvalue weighted by molar-refractivity contribution is 0.604. The first-order valence-electron chi connectivity index (χ1n) is 3.25. The van der Waals surface area contributed by atoms with Crippen molar-refractivity contribution in [2.45, 2.75) is 11.6 Å². The van der Waals surface area contributed by atoms with Gasteiger partial charge in [-0.3, -0.25) is 0 Å². The Labute approximate surface area is 74.9 Å². The zero-order valence-corrected chi connectivity index (χ0v) is 7.49. The Balaban J connectivity index is 2.74. The molecule has 0 N–H and O–H groups in total. The van der Waals surface area contributed by atoms with E-state index in [-0.39, 0.29) is 0 Å². The molecule has 0 aliphatic carbocycles. The molecule has 0 saturated heterocycles. The van der Waals surface area contributed by atoms with Crippen molar-refractivity contribution in [2.75, 3.05) is 0 Å². The maximum Gasteiger partial charge on any atom is 0.463 e. The van der Waals surface area contributed by atoms with E-state index in [0.717, 1.165) is 11.1 Å². The normalized spacial score (nSPS) is 9.55. The first kappa shape index (κ1) is 8.62. The van der Waals surface area contributed by atoms with Crippen LogP contribution in [0.2, 0.25) is 0 Å². The molecule has 0 amide bonds. The van der Waals surface area contributed by atoms with Crippen LogP contribution in [0.3, 0.4) is 0 Å². The Morgan fingerprint density at radius 2 is 1.73 bits per heavy atom. The molecule has 0 fully saturated rings. The molecule has 1 aromatic rings. The summed E-state index contributed by atoms with van der Waals surface area (Å²) in [4.78, 5) is 0. The highest BCUT2D eigenvalue weighted by molar-refractivity contribution is 7.64. The molecular formula is C8H8ClOS+. The molecule has 1 nitrogen and oxygen atoms in total. The second kappa shape index (κ2) is 4.42. The molecule has 0 spiro atoms. The van der Waals surface area contributed by atoms with Gasteiger partial charge in [0, 0.05) is 15.7 Å². The summed E-state index contributed by atoms with van der Waals surface area (Å²) in [5.41, 5.74) is 2.14. The van der Waals surface area contributed by atoms with E-state index < -0.39 is 0 Å². The highest BCUT2D eigenvalue weighted by atomic mass is 35.5. The zero-order chi connectivity index (χ0) is 8.10. The summed E-state index contributed by atoms with van der Waals surface area (Å²) in [5, 5.41) is 0. The minimum Gasteiger partial charge on any atom is -0.122 e. The molecule has 0 heterocycles. The number of rotatable bonds is 3. The van der Waals surface area contributed by atoms with E-state index in [1.54, 1.807) is 0 Å². The summed E-state index contributed by atoms with van der Waals surface area (Å²) in [5.74, 6) is 1.06. The first-order chi connectivity index (χ1) is 5.36. The minimum absolute atomic E-state index is 0.530. The predicted octanol–water partition coefficient (Wildman–Crippen LogP) is 2.35. The summed E-state index contributed by atoms with van der Waals surface area (Å²) in [6, 6.07) is 7.75. The SMILES string of the molecule is O=[S+]Cc1ccc(CCl)cc1. The molecule has 0 bridgehead atoms. The summed E-state index contributed by atoms with van der Waals surface area (Å²) in [6.45, 7) is 0. The maximum atomic E-state index is 10.1. The van der Waals surface area contributed by atoms with Crippen LogP contribution in [0.25, 0.3) is 0 Å². The van der Waals surface area contributed by atoms with Crippen LogP contribution in [-0.2, 0) is 27.5 Å². The predicted molar refractivity (Wildman–Crippen MR) is 47.8 cm³/mol. The third-order valence-corrected chi connectivity index (χ3v) is 2.16. The van der Waals surface area contributed by atoms with Gasteiger partial charge in [-0.05, 0) is 5.56 Å². The van der Waals surface area contributed by atoms with Gasteiger partial charge >= 0.3 is 11.7 Å². The van der Waals surface area contributed by atoms with Crippen LogP contribution in [0.1, 0.15) is 11.1 Å². The molecule has 0 radical (unpaired) electrons. The number of hydrogen-bond acceptors (Lipinski definition) is 1. The fraction of sp³-hybridized carbons (Fsp3) is 0.250. The van der Waals surface area contributed by atoms with Gasteiger partial charge in [0.25, 0.3) is 5.75 Å². The van der Waals surface area contributed by atoms with E-state index >= 15 is 0 Å². The van der Waals surface area contributed by atoms with Crippen LogP contribution in [-0.4, -0.2) is 0 Å². The van der Waals surface area contributed by atoms with E-state index in [4.69, 9.17) is 11.6 Å². The van der Waals surface area contributed by atoms with E-state index in [1.807, 2.05) is 24.3 Å². The van der Waals surface area contributed by atoms with Crippen molar-refractivity contribution in [3.8, 4) is 0 Å². The summed E-state index contributed by atoms with van der Waals surface area (Å²) >= 11 is 6.17. The number of hydrogen-bond donors (Lipinski definition) is 0. The summed E-state index contributed by atoms with van der Waals surface area (Å²) in [6.07, 6.45) is 0. The molecule has 0 atom stereocenters. The zero-order valence-electron chi connectivity index (χ0n) is 5.92. The largest absolute Gasteiger partial charge is 0.463 e. The fourth-order valence-electron chi connectivity index (χ4n) is 0.793. The average Bonchev–Trinajstić information content (AvgIpc) is 2.07. The van der Waals surface area contributed by atoms with Gasteiger partial charge in [-0.2, -0.15) is 0 Å². The molecule has 1 rings (SSSR count). The molecule has 58 valence electrons. The Bertz CT molecular complexity index is 232. The molecule has 0 unspecified atom stereocenters. The molecule has 0 aliphatic rings. The average molecular weight is 188 g/mol. The number of alkyl halides is 1. The lowest BCUT2D eigenvalue weighted by atomic mass is 10.2. The third kappa shape index (κ3) is 2.56. The van der Waals surface area contributed by atoms with Crippen molar-refractivity contribution in [1.29, 1.82) is 0 Å². The van der Waals surface area contributed by atoms with Crippen LogP contribution in [0.4, 0.5) is 0 Å². The molecule has 0 aromatic heterocycles. The van der Waals surface area contributed by atoms with Crippen molar-refractivity contribution >= 4 is 23.3 Å². The lowest BCUT2D eigenvalue weighted by Gasteiger charge is -1.93. The molecular weight excluding hydrogens is 180 g/mol. The van der Waals surface area contributed by atoms with E-state index in [1.165, 1.54) is 0 Å². The molecule has 0 saturated carbocycles. The van der Waals surface area contributed by atoms with E-state index in [2.05, 4.69) is 0 Å². The topological polar surface area (TPSA) is 17.1 Å². The van der Waals surface area contributed by atoms with Gasteiger partial charge in [0.2, 0.25) is 0 Å². The summed E-state index contributed by atoms with van der Waals surface area (Å²) in [7, 11) is 0. The Hall–Kier alpha value is -0.470. The standard InChI is InChI=1S/C8H8ClOS/c9-5-7-1-3-8(4-2-7)6-11-10/h1-4H,5-6H2/q+1. The van der Waals surface area contributed by atoms with Crippen LogP contribution in [0, 0.1) is 0 Å². The van der Waals surface area contributed by atoms with Crippen molar-refractivity contribution < 1.29 is 4.21 Å². The number of halogens is 1. The smallest absolute Gasteiger partial charge is 0.122 e. The fourth-order valence-corrected chi connectivity index (χ4v) is 1.30. The van der Waals surface area contributed by atoms with Crippen LogP contribution >= 0.6 is 11.6 Å². The highest BCUT2D eigenvalue weighted by Gasteiger charge is 2.00. The monoisotopic (exact) mass is 187 g/mol. The van der Waals surface area contributed by atoms with Crippen molar-refractivity contribution in [1.82, 2.24) is 0 Å². The Kier molecular flexibility index (Phi) is 3.46. The van der Waals surface area contributed by atoms with E-state index in [9.17, 15) is 4.21 Å². The van der Waals surface area contributed by atoms with Crippen molar-refractivity contribution in [2.24, 2.45) is 0 Å². The van der Waals surface area contributed by atoms with Gasteiger partial charge in [0.1, 0.15) is 0 Å². The van der Waals surface area contributed by atoms with Gasteiger partial charge < -0.3 is 0 Å². The summed E-state index contributed by atoms with van der Waals surface area (Å²) < 4.78 is 10.1. The van der Waals surface area contributed by atoms with Gasteiger partial charge in [0.15, 0.2) is 0 Å². The lowest BCUT2D eigenvalue weighted by Crippen LogP contribution is -1.82. The van der Waals surface area contributed by atoms with Gasteiger partial charge in [-0.15, -0.1) is 11.6 Å². The minimum atomic E-state index is 0.530. The second-order valence-electron chi connectivity index (χ2n) is 2.21. The third-order valence-electron chi connectivity index (χ3n) is 1.40.